The van der Waals surface area contributed by atoms with Crippen molar-refractivity contribution in [3.8, 4) is 17.2 Å². The number of hydrogen-bond donors (Lipinski definition) is 5. The number of carbonyl (C=O) groups is 3. The Bertz CT molecular complexity index is 5820. The predicted octanol–water partition coefficient (Wildman–Crippen LogP) is -2.97. The van der Waals surface area contributed by atoms with Crippen molar-refractivity contribution < 1.29 is 245 Å². The molecule has 5 N–H and O–H groups in total. The Morgan fingerprint density at radius 3 is 1.54 bits per heavy atom. The molecule has 0 atom stereocenters. The van der Waals surface area contributed by atoms with Crippen LogP contribution in [0.2, 0.25) is 0 Å². The van der Waals surface area contributed by atoms with Crippen molar-refractivity contribution in [2.45, 2.75) is 115 Å². The Labute approximate surface area is 833 Å². The SMILES string of the molecule is C=C(C)C(=O)NCCc1ccc(O)cc1.C=C(C)C(=O)NCCc1ccc(OC(C=CC2=[N+](CCCS(=O)(=O)[O-])c3ccc4c(S(=O)(=O)[O-])cc(S(=O)(=O)[O-])cc4c3C2(C)C)=CC=C2N(CCCC)c3ccc4[c-]c[c-]cc4c3C2(C)C)cc1.C=C/C(=C/Nc1ccccc1)Oc1ccc(CCNC(=O)C(=C)C)cc1.O=S(=O)=O.O=S(=O)=O.[Na+].[Na+].[Na+].[Na+].[Na+]. The molecular weight excluding hydrogens is 1730 g/mol. The number of anilines is 2. The van der Waals surface area contributed by atoms with Gasteiger partial charge in [0, 0.05) is 107 Å². The number of rotatable bonds is 31. The van der Waals surface area contributed by atoms with Crippen molar-refractivity contribution in [2.75, 3.05) is 48.7 Å². The van der Waals surface area contributed by atoms with Gasteiger partial charge in [-0.05, 0) is 173 Å². The van der Waals surface area contributed by atoms with Crippen LogP contribution >= 0.6 is 0 Å². The van der Waals surface area contributed by atoms with Crippen LogP contribution in [0.15, 0.2) is 258 Å². The van der Waals surface area contributed by atoms with E-state index in [1.165, 1.54) is 6.07 Å². The number of para-hydroxylation sites is 1. The Balaban J connectivity index is 0.00000114. The number of phenolic OH excluding ortho intramolecular Hbond substituents is 1. The molecule has 3 amide bonds. The molecule has 2 aliphatic heterocycles. The van der Waals surface area contributed by atoms with Gasteiger partial charge in [-0.3, -0.25) is 31.9 Å². The van der Waals surface area contributed by atoms with Crippen molar-refractivity contribution in [3.05, 3.63) is 288 Å². The number of benzene rings is 8. The van der Waals surface area contributed by atoms with Gasteiger partial charge in [-0.15, -0.1) is 31.3 Å². The average molecular weight is 1820 g/mol. The standard InChI is InChI=1S/C52H56N3O11S3.C22H24N2O2.C12H15NO2.5Na.2O3S/c1-8-9-29-54-43-23-17-36-13-10-11-14-40(36)48(43)51(4,5)46(54)25-20-38(66-37-18-15-35(16-19-37)27-28-53-50(56)34(2)3)21-26-47-52(6,7)49-42-32-39(68(60,61)62)33-45(69(63,64)65)41(42)22-24-44(49)55(47)30-12-31-67(57,58)59;1-4-20(16-24-19-8-6-5-7-9-19)26-21-12-10-18(11-13-21)14-15-23-22(25)17(2)3;1-9(2)12(15)13-8-7-10-3-5-11(14)6-4-10;;;;;;2*1-4(2)3/h10,14-26,32-33H,2,8-9,12,27-31H2,1,3-7H3,(H,53,56)(H,57,58,59)(H,60,61,62)(H,63,64,65);4-13,16,24H,1-2,14-15H2,3H3,(H,23,25);3-6,14H,1,7-8H2,2H3,(H,13,15);;;;;;;/q-1;;;5*+1;;/p-3/b;20-16-;;;;;;;;. The van der Waals surface area contributed by atoms with Gasteiger partial charge in [-0.25, -0.2) is 43.5 Å². The number of fused-ring (bicyclic) bond motifs is 6. The summed E-state index contributed by atoms with van der Waals surface area (Å²) in [6.45, 7) is 32.0. The molecule has 123 heavy (non-hydrogen) atoms. The van der Waals surface area contributed by atoms with Crippen molar-refractivity contribution in [3.63, 3.8) is 0 Å². The minimum atomic E-state index is -5.29. The second kappa shape index (κ2) is 53.8. The van der Waals surface area contributed by atoms with Crippen LogP contribution < -0.4 is 183 Å². The molecule has 0 aromatic heterocycles. The summed E-state index contributed by atoms with van der Waals surface area (Å²) < 4.78 is 175. The zero-order valence-corrected chi connectivity index (χ0v) is 85.3. The van der Waals surface area contributed by atoms with E-state index in [4.69, 9.17) is 39.8 Å². The van der Waals surface area contributed by atoms with Crippen LogP contribution in [0.25, 0.3) is 21.5 Å². The molecule has 0 aliphatic carbocycles. The van der Waals surface area contributed by atoms with E-state index in [2.05, 4.69) is 97.5 Å². The zero-order chi connectivity index (χ0) is 87.5. The number of ether oxygens (including phenoxy) is 2. The van der Waals surface area contributed by atoms with Crippen LogP contribution in [0.1, 0.15) is 102 Å². The van der Waals surface area contributed by atoms with E-state index in [-0.39, 0.29) is 195 Å². The summed E-state index contributed by atoms with van der Waals surface area (Å²) in [4.78, 5) is 35.2. The summed E-state index contributed by atoms with van der Waals surface area (Å²) in [7, 11) is -21.4. The van der Waals surface area contributed by atoms with Crippen LogP contribution in [0.4, 0.5) is 17.1 Å². The van der Waals surface area contributed by atoms with Gasteiger partial charge in [0.1, 0.15) is 55.5 Å². The number of nitrogens with zero attached hydrogens (tertiary/aromatic N) is 2. The van der Waals surface area contributed by atoms with Gasteiger partial charge in [0.2, 0.25) is 23.4 Å². The maximum Gasteiger partial charge on any atom is 1.00 e. The first-order valence-electron chi connectivity index (χ1n) is 36.6. The molecule has 8 aromatic carbocycles. The largest absolute Gasteiger partial charge is 1.00 e. The summed E-state index contributed by atoms with van der Waals surface area (Å²) in [6, 6.07) is 50.8. The number of allylic oxidation sites excluding steroid dienone is 6. The second-order valence-corrected chi connectivity index (χ2v) is 33.0. The van der Waals surface area contributed by atoms with Crippen molar-refractivity contribution in [1.29, 1.82) is 0 Å². The van der Waals surface area contributed by atoms with Gasteiger partial charge in [-0.2, -0.15) is 9.96 Å². The summed E-state index contributed by atoms with van der Waals surface area (Å²) in [5, 5.41) is 22.6. The number of hydrogen-bond acceptors (Lipinski definition) is 23. The molecule has 2 aliphatic rings. The molecule has 0 fully saturated rings. The Morgan fingerprint density at radius 2 is 1.09 bits per heavy atom. The maximum absolute atomic E-state index is 12.6. The molecule has 8 aromatic rings. The van der Waals surface area contributed by atoms with Crippen LogP contribution in [0.5, 0.6) is 17.2 Å². The van der Waals surface area contributed by atoms with E-state index < -0.39 is 77.9 Å². The van der Waals surface area contributed by atoms with Gasteiger partial charge < -0.3 is 54.4 Å². The molecule has 0 spiro atoms. The van der Waals surface area contributed by atoms with E-state index in [0.29, 0.717) is 83.1 Å². The number of nitrogens with one attached hydrogen (secondary N) is 4. The van der Waals surface area contributed by atoms with Gasteiger partial charge in [0.15, 0.2) is 5.71 Å². The Morgan fingerprint density at radius 1 is 0.602 bits per heavy atom. The van der Waals surface area contributed by atoms with Gasteiger partial charge in [0.25, 0.3) is 0 Å². The Hall–Kier alpha value is -6.75. The van der Waals surface area contributed by atoms with E-state index in [1.807, 2.05) is 97.1 Å². The smallest absolute Gasteiger partial charge is 0.748 e. The van der Waals surface area contributed by atoms with Gasteiger partial charge in [-0.1, -0.05) is 114 Å². The number of aromatic hydroxyl groups is 1. The third-order valence-electron chi connectivity index (χ3n) is 18.3. The quantitative estimate of drug-likeness (QED) is 0.00551. The molecule has 2 heterocycles. The molecule has 0 radical (unpaired) electrons. The third kappa shape index (κ3) is 36.1. The van der Waals surface area contributed by atoms with Gasteiger partial charge in [0.05, 0.1) is 25.3 Å². The summed E-state index contributed by atoms with van der Waals surface area (Å²) in [5.74, 6) is 1.28. The number of unbranched alkanes of at least 4 members (excludes halogenated alkanes) is 1. The molecule has 0 bridgehead atoms. The fraction of sp³-hybridized carbons (Fsp3) is 0.256. The van der Waals surface area contributed by atoms with Crippen molar-refractivity contribution >= 4 is 114 Å². The number of amides is 3. The first kappa shape index (κ1) is 114. The normalized spacial score (nSPS) is 13.1. The topological polar surface area (TPSA) is 418 Å². The molecular formula is C86H92N6Na5O21S5+. The van der Waals surface area contributed by atoms with Crippen LogP contribution in [0.3, 0.4) is 0 Å². The fourth-order valence-electron chi connectivity index (χ4n) is 12.7. The van der Waals surface area contributed by atoms with Crippen molar-refractivity contribution in [1.82, 2.24) is 16.0 Å². The molecule has 10 rings (SSSR count). The van der Waals surface area contributed by atoms with E-state index in [1.54, 1.807) is 100 Å². The monoisotopic (exact) mass is 1820 g/mol. The summed E-state index contributed by atoms with van der Waals surface area (Å²) >= 11 is 0. The molecule has 0 unspecified atom stereocenters. The van der Waals surface area contributed by atoms with E-state index in [0.717, 1.165) is 94.1 Å². The molecule has 0 saturated carbocycles. The fourth-order valence-corrected chi connectivity index (χ4v) is 14.5. The third-order valence-corrected chi connectivity index (χ3v) is 20.7. The number of carbonyl (C=O) groups excluding carboxylic acids is 3. The van der Waals surface area contributed by atoms with Crippen LogP contribution in [-0.4, -0.2) is 136 Å². The summed E-state index contributed by atoms with van der Waals surface area (Å²) in [5.41, 5.74) is 8.43. The second-order valence-electron chi connectivity index (χ2n) is 28.0. The predicted molar refractivity (Wildman–Crippen MR) is 449 cm³/mol. The number of phenols is 1. The molecule has 37 heteroatoms. The Kier molecular flexibility index (Phi) is 50.0. The summed E-state index contributed by atoms with van der Waals surface area (Å²) in [6.07, 6.45) is 14.6. The average Bonchev–Trinajstić information content (AvgIpc) is 1.56. The molecule has 0 saturated heterocycles. The molecule has 626 valence electrons. The zero-order valence-electron chi connectivity index (χ0n) is 71.3. The minimum absolute atomic E-state index is 0. The first-order valence-corrected chi connectivity index (χ1v) is 43.0. The minimum Gasteiger partial charge on any atom is -0.748 e. The maximum atomic E-state index is 12.6. The van der Waals surface area contributed by atoms with Crippen LogP contribution in [-0.2, 0) is 96.0 Å². The molecule has 27 nitrogen and oxygen atoms in total. The van der Waals surface area contributed by atoms with Crippen LogP contribution in [0, 0.1) is 12.1 Å². The van der Waals surface area contributed by atoms with E-state index >= 15 is 0 Å². The van der Waals surface area contributed by atoms with Crippen molar-refractivity contribution in [2.24, 2.45) is 0 Å². The van der Waals surface area contributed by atoms with E-state index in [9.17, 15) is 53.3 Å². The first-order chi connectivity index (χ1) is 55.5. The van der Waals surface area contributed by atoms with Gasteiger partial charge >= 0.3 is 169 Å².